The fourth-order valence-corrected chi connectivity index (χ4v) is 2.19. The lowest BCUT2D eigenvalue weighted by Gasteiger charge is -2.16. The lowest BCUT2D eigenvalue weighted by molar-refractivity contribution is 0.880. The van der Waals surface area contributed by atoms with Gasteiger partial charge in [-0.25, -0.2) is 0 Å². The second-order valence-corrected chi connectivity index (χ2v) is 5.13. The van der Waals surface area contributed by atoms with E-state index in [1.54, 1.807) is 11.8 Å². The highest BCUT2D eigenvalue weighted by Crippen LogP contribution is 2.18. The number of anilines is 3. The van der Waals surface area contributed by atoms with Gasteiger partial charge in [-0.1, -0.05) is 0 Å². The molecule has 0 radical (unpaired) electrons. The molecule has 0 saturated carbocycles. The monoisotopic (exact) mass is 268 g/mol. The molecule has 0 unspecified atom stereocenters. The third kappa shape index (κ3) is 3.38. The molecule has 18 heavy (non-hydrogen) atoms. The Labute approximate surface area is 112 Å². The highest BCUT2D eigenvalue weighted by molar-refractivity contribution is 7.98. The van der Waals surface area contributed by atoms with Crippen LogP contribution in [-0.2, 0) is 0 Å². The van der Waals surface area contributed by atoms with E-state index in [0.29, 0.717) is 11.9 Å². The first-order valence-electron chi connectivity index (χ1n) is 6.25. The van der Waals surface area contributed by atoms with Crippen molar-refractivity contribution in [3.63, 3.8) is 0 Å². The Balaban J connectivity index is 2.10. The van der Waals surface area contributed by atoms with Crippen molar-refractivity contribution in [3.8, 4) is 0 Å². The number of aromatic nitrogens is 3. The summed E-state index contributed by atoms with van der Waals surface area (Å²) in [6.07, 6.45) is 4.52. The maximum absolute atomic E-state index is 4.48. The summed E-state index contributed by atoms with van der Waals surface area (Å²) in [5.74, 6) is 3.10. The number of rotatable bonds is 6. The standard InChI is InChI=1S/C11H20N6S/c1-12-9-14-10(13-5-8-18-2)16-11(15-9)17-6-3-4-7-17/h3-8H2,1-2H3,(H2,12,13,14,15,16). The van der Waals surface area contributed by atoms with Crippen LogP contribution in [-0.4, -0.2) is 53.6 Å². The minimum atomic E-state index is 0.624. The van der Waals surface area contributed by atoms with Crippen LogP contribution in [0, 0.1) is 0 Å². The largest absolute Gasteiger partial charge is 0.357 e. The average molecular weight is 268 g/mol. The molecule has 1 aromatic rings. The lowest BCUT2D eigenvalue weighted by Crippen LogP contribution is -2.22. The predicted molar refractivity (Wildman–Crippen MR) is 77.7 cm³/mol. The van der Waals surface area contributed by atoms with Crippen LogP contribution < -0.4 is 15.5 Å². The maximum Gasteiger partial charge on any atom is 0.231 e. The fraction of sp³-hybridized carbons (Fsp3) is 0.727. The van der Waals surface area contributed by atoms with Crippen molar-refractivity contribution in [2.45, 2.75) is 12.8 Å². The molecule has 2 heterocycles. The Hall–Kier alpha value is -1.24. The fourth-order valence-electron chi connectivity index (χ4n) is 1.88. The molecule has 6 nitrogen and oxygen atoms in total. The molecule has 0 amide bonds. The second kappa shape index (κ2) is 6.63. The SMILES string of the molecule is CNc1nc(NCCSC)nc(N2CCCC2)n1. The van der Waals surface area contributed by atoms with Crippen molar-refractivity contribution in [2.75, 3.05) is 54.2 Å². The van der Waals surface area contributed by atoms with Gasteiger partial charge in [0.05, 0.1) is 0 Å². The Morgan fingerprint density at radius 2 is 1.89 bits per heavy atom. The molecule has 0 bridgehead atoms. The van der Waals surface area contributed by atoms with Gasteiger partial charge in [-0.05, 0) is 19.1 Å². The molecule has 100 valence electrons. The van der Waals surface area contributed by atoms with E-state index in [1.165, 1.54) is 12.8 Å². The first-order valence-corrected chi connectivity index (χ1v) is 7.64. The van der Waals surface area contributed by atoms with Gasteiger partial charge < -0.3 is 15.5 Å². The molecule has 7 heteroatoms. The molecule has 2 N–H and O–H groups in total. The zero-order valence-electron chi connectivity index (χ0n) is 10.9. The van der Waals surface area contributed by atoms with Gasteiger partial charge in [-0.15, -0.1) is 0 Å². The van der Waals surface area contributed by atoms with Crippen LogP contribution in [0.15, 0.2) is 0 Å². The van der Waals surface area contributed by atoms with Crippen molar-refractivity contribution in [1.29, 1.82) is 0 Å². The van der Waals surface area contributed by atoms with Crippen molar-refractivity contribution in [1.82, 2.24) is 15.0 Å². The van der Waals surface area contributed by atoms with Gasteiger partial charge in [-0.3, -0.25) is 0 Å². The first kappa shape index (κ1) is 13.2. The summed E-state index contributed by atoms with van der Waals surface area (Å²) in [6, 6.07) is 0. The van der Waals surface area contributed by atoms with E-state index in [-0.39, 0.29) is 0 Å². The summed E-state index contributed by atoms with van der Waals surface area (Å²) in [6.45, 7) is 2.95. The van der Waals surface area contributed by atoms with E-state index in [4.69, 9.17) is 0 Å². The zero-order valence-corrected chi connectivity index (χ0v) is 11.8. The van der Waals surface area contributed by atoms with Gasteiger partial charge in [0.1, 0.15) is 0 Å². The van der Waals surface area contributed by atoms with Crippen LogP contribution >= 0.6 is 11.8 Å². The summed E-state index contributed by atoms with van der Waals surface area (Å²) < 4.78 is 0. The van der Waals surface area contributed by atoms with Crippen LogP contribution in [0.2, 0.25) is 0 Å². The number of hydrogen-bond acceptors (Lipinski definition) is 7. The molecule has 0 aliphatic carbocycles. The minimum Gasteiger partial charge on any atom is -0.357 e. The number of thioether (sulfide) groups is 1. The third-order valence-corrected chi connectivity index (χ3v) is 3.44. The highest BCUT2D eigenvalue weighted by atomic mass is 32.2. The first-order chi connectivity index (χ1) is 8.83. The van der Waals surface area contributed by atoms with Crippen LogP contribution in [0.1, 0.15) is 12.8 Å². The van der Waals surface area contributed by atoms with Crippen LogP contribution in [0.25, 0.3) is 0 Å². The Morgan fingerprint density at radius 3 is 2.56 bits per heavy atom. The topological polar surface area (TPSA) is 66.0 Å². The van der Waals surface area contributed by atoms with E-state index in [9.17, 15) is 0 Å². The van der Waals surface area contributed by atoms with Crippen molar-refractivity contribution < 1.29 is 0 Å². The molecule has 1 saturated heterocycles. The van der Waals surface area contributed by atoms with Gasteiger partial charge in [0.15, 0.2) is 0 Å². The van der Waals surface area contributed by atoms with Gasteiger partial charge >= 0.3 is 0 Å². The van der Waals surface area contributed by atoms with Crippen LogP contribution in [0.3, 0.4) is 0 Å². The van der Waals surface area contributed by atoms with E-state index >= 15 is 0 Å². The number of hydrogen-bond donors (Lipinski definition) is 2. The lowest BCUT2D eigenvalue weighted by atomic mass is 10.4. The van der Waals surface area contributed by atoms with E-state index in [2.05, 4.69) is 36.7 Å². The zero-order chi connectivity index (χ0) is 12.8. The Morgan fingerprint density at radius 1 is 1.17 bits per heavy atom. The Bertz CT molecular complexity index is 380. The van der Waals surface area contributed by atoms with E-state index in [1.807, 2.05) is 7.05 Å². The predicted octanol–water partition coefficient (Wildman–Crippen LogP) is 1.29. The van der Waals surface area contributed by atoms with Gasteiger partial charge in [-0.2, -0.15) is 26.7 Å². The highest BCUT2D eigenvalue weighted by Gasteiger charge is 2.16. The smallest absolute Gasteiger partial charge is 0.231 e. The van der Waals surface area contributed by atoms with Crippen LogP contribution in [0.5, 0.6) is 0 Å². The molecule has 0 aromatic carbocycles. The van der Waals surface area contributed by atoms with E-state index in [0.717, 1.165) is 31.3 Å². The molecule has 0 atom stereocenters. The van der Waals surface area contributed by atoms with Crippen molar-refractivity contribution >= 4 is 29.6 Å². The molecule has 0 spiro atoms. The summed E-state index contributed by atoms with van der Waals surface area (Å²) >= 11 is 1.80. The van der Waals surface area contributed by atoms with Gasteiger partial charge in [0.2, 0.25) is 17.8 Å². The minimum absolute atomic E-state index is 0.624. The maximum atomic E-state index is 4.48. The normalized spacial score (nSPS) is 14.9. The molecular formula is C11H20N6S. The van der Waals surface area contributed by atoms with Crippen LogP contribution in [0.4, 0.5) is 17.8 Å². The second-order valence-electron chi connectivity index (χ2n) is 4.15. The third-order valence-electron chi connectivity index (χ3n) is 2.83. The average Bonchev–Trinajstić information content (AvgIpc) is 2.92. The number of nitrogens with zero attached hydrogens (tertiary/aromatic N) is 4. The quantitative estimate of drug-likeness (QED) is 0.754. The summed E-state index contributed by atoms with van der Waals surface area (Å²) in [5, 5.41) is 6.22. The molecule has 1 aliphatic heterocycles. The van der Waals surface area contributed by atoms with E-state index < -0.39 is 0 Å². The molecule has 1 fully saturated rings. The van der Waals surface area contributed by atoms with Gasteiger partial charge in [0, 0.05) is 32.4 Å². The summed E-state index contributed by atoms with van der Waals surface area (Å²) in [5.41, 5.74) is 0. The molecule has 1 aromatic heterocycles. The Kier molecular flexibility index (Phi) is 4.86. The molecule has 2 rings (SSSR count). The van der Waals surface area contributed by atoms with Crippen molar-refractivity contribution in [2.24, 2.45) is 0 Å². The van der Waals surface area contributed by atoms with Gasteiger partial charge in [0.25, 0.3) is 0 Å². The molecular weight excluding hydrogens is 248 g/mol. The summed E-state index contributed by atoms with van der Waals surface area (Å²) in [4.78, 5) is 15.4. The summed E-state index contributed by atoms with van der Waals surface area (Å²) in [7, 11) is 1.83. The van der Waals surface area contributed by atoms with Crippen molar-refractivity contribution in [3.05, 3.63) is 0 Å². The number of nitrogens with one attached hydrogen (secondary N) is 2. The molecule has 1 aliphatic rings.